The lowest BCUT2D eigenvalue weighted by atomic mass is 9.97. The molecular formula is C18H19N5O. The summed E-state index contributed by atoms with van der Waals surface area (Å²) in [7, 11) is 0. The van der Waals surface area contributed by atoms with Gasteiger partial charge < -0.3 is 15.8 Å². The van der Waals surface area contributed by atoms with Crippen LogP contribution in [0.15, 0.2) is 42.7 Å². The van der Waals surface area contributed by atoms with Crippen LogP contribution < -0.4 is 5.73 Å². The summed E-state index contributed by atoms with van der Waals surface area (Å²) in [6, 6.07) is 9.75. The van der Waals surface area contributed by atoms with Gasteiger partial charge in [0.05, 0.1) is 35.1 Å². The maximum atomic E-state index is 10.1. The lowest BCUT2D eigenvalue weighted by molar-refractivity contribution is 0.0786. The van der Waals surface area contributed by atoms with E-state index in [1.807, 2.05) is 47.1 Å². The number of nitrogens with two attached hydrogens (primary N) is 1. The largest absolute Gasteiger partial charge is 0.386 e. The van der Waals surface area contributed by atoms with Crippen LogP contribution in [0, 0.1) is 0 Å². The van der Waals surface area contributed by atoms with Crippen LogP contribution in [0.3, 0.4) is 0 Å². The average molecular weight is 321 g/mol. The molecule has 0 amide bonds. The summed E-state index contributed by atoms with van der Waals surface area (Å²) in [4.78, 5) is 12.3. The molecule has 0 bridgehead atoms. The number of hydrogen-bond acceptors (Lipinski definition) is 4. The van der Waals surface area contributed by atoms with Crippen molar-refractivity contribution >= 4 is 16.7 Å². The van der Waals surface area contributed by atoms with E-state index in [9.17, 15) is 5.11 Å². The number of aromatic nitrogens is 4. The van der Waals surface area contributed by atoms with Crippen LogP contribution in [0.4, 0.5) is 0 Å². The Morgan fingerprint density at radius 3 is 2.58 bits per heavy atom. The van der Waals surface area contributed by atoms with Gasteiger partial charge in [-0.3, -0.25) is 4.40 Å². The highest BCUT2D eigenvalue weighted by atomic mass is 16.3. The molecule has 0 radical (unpaired) electrons. The van der Waals surface area contributed by atoms with Gasteiger partial charge in [-0.2, -0.15) is 0 Å². The van der Waals surface area contributed by atoms with Crippen LogP contribution in [0.2, 0.25) is 0 Å². The number of H-pyrrole nitrogens is 1. The number of nitrogens with zero attached hydrogens (tertiary/aromatic N) is 3. The molecule has 6 nitrogen and oxygen atoms in total. The van der Waals surface area contributed by atoms with E-state index in [0.29, 0.717) is 6.54 Å². The lowest BCUT2D eigenvalue weighted by Gasteiger charge is -2.17. The van der Waals surface area contributed by atoms with Crippen molar-refractivity contribution in [2.24, 2.45) is 5.73 Å². The van der Waals surface area contributed by atoms with E-state index in [1.54, 1.807) is 13.8 Å². The van der Waals surface area contributed by atoms with E-state index in [4.69, 9.17) is 10.7 Å². The lowest BCUT2D eigenvalue weighted by Crippen LogP contribution is -2.14. The minimum atomic E-state index is -0.865. The van der Waals surface area contributed by atoms with Gasteiger partial charge in [0.2, 0.25) is 0 Å². The molecule has 0 fully saturated rings. The molecule has 4 N–H and O–H groups in total. The predicted molar refractivity (Wildman–Crippen MR) is 93.4 cm³/mol. The number of aliphatic hydroxyl groups is 1. The predicted octanol–water partition coefficient (Wildman–Crippen LogP) is 2.56. The van der Waals surface area contributed by atoms with Gasteiger partial charge in [0.15, 0.2) is 5.65 Å². The Labute approximate surface area is 139 Å². The Bertz CT molecular complexity index is 1020. The second-order valence-electron chi connectivity index (χ2n) is 6.41. The van der Waals surface area contributed by atoms with Gasteiger partial charge in [0.1, 0.15) is 5.82 Å². The second kappa shape index (κ2) is 5.15. The molecule has 1 aromatic carbocycles. The monoisotopic (exact) mass is 321 g/mol. The summed E-state index contributed by atoms with van der Waals surface area (Å²) in [5.74, 6) is 0.790. The highest BCUT2D eigenvalue weighted by Crippen LogP contribution is 2.29. The van der Waals surface area contributed by atoms with Crippen molar-refractivity contribution in [1.29, 1.82) is 0 Å². The summed E-state index contributed by atoms with van der Waals surface area (Å²) in [5.41, 5.74) is 10.4. The first-order chi connectivity index (χ1) is 11.5. The molecule has 0 aliphatic carbocycles. The fourth-order valence-electron chi connectivity index (χ4n) is 3.02. The highest BCUT2D eigenvalue weighted by Gasteiger charge is 2.18. The van der Waals surface area contributed by atoms with Crippen molar-refractivity contribution in [3.8, 4) is 11.3 Å². The maximum Gasteiger partial charge on any atom is 0.154 e. The van der Waals surface area contributed by atoms with E-state index in [2.05, 4.69) is 9.97 Å². The van der Waals surface area contributed by atoms with Gasteiger partial charge in [-0.25, -0.2) is 9.97 Å². The summed E-state index contributed by atoms with van der Waals surface area (Å²) in [6.07, 6.45) is 3.67. The molecule has 4 aromatic rings. The zero-order valence-corrected chi connectivity index (χ0v) is 13.6. The van der Waals surface area contributed by atoms with E-state index in [0.717, 1.165) is 39.3 Å². The molecule has 0 saturated heterocycles. The molecule has 3 heterocycles. The quantitative estimate of drug-likeness (QED) is 0.541. The van der Waals surface area contributed by atoms with Crippen LogP contribution in [-0.2, 0) is 12.1 Å². The first-order valence-corrected chi connectivity index (χ1v) is 7.86. The zero-order valence-electron chi connectivity index (χ0n) is 13.6. The second-order valence-corrected chi connectivity index (χ2v) is 6.41. The smallest absolute Gasteiger partial charge is 0.154 e. The highest BCUT2D eigenvalue weighted by molar-refractivity contribution is 5.84. The van der Waals surface area contributed by atoms with Crippen molar-refractivity contribution < 1.29 is 5.11 Å². The van der Waals surface area contributed by atoms with E-state index in [-0.39, 0.29) is 0 Å². The van der Waals surface area contributed by atoms with Crippen LogP contribution in [-0.4, -0.2) is 24.5 Å². The van der Waals surface area contributed by atoms with Crippen molar-refractivity contribution in [2.75, 3.05) is 0 Å². The number of imidazole rings is 1. The summed E-state index contributed by atoms with van der Waals surface area (Å²) in [6.45, 7) is 3.88. The van der Waals surface area contributed by atoms with Gasteiger partial charge in [0.25, 0.3) is 0 Å². The minimum Gasteiger partial charge on any atom is -0.386 e. The molecule has 3 aromatic heterocycles. The van der Waals surface area contributed by atoms with Crippen molar-refractivity contribution in [3.05, 3.63) is 54.1 Å². The van der Waals surface area contributed by atoms with Crippen molar-refractivity contribution in [1.82, 2.24) is 19.4 Å². The fraction of sp³-hybridized carbons (Fsp3) is 0.222. The summed E-state index contributed by atoms with van der Waals surface area (Å²) < 4.78 is 2.04. The number of hydrogen-bond donors (Lipinski definition) is 3. The molecule has 122 valence electrons. The summed E-state index contributed by atoms with van der Waals surface area (Å²) in [5, 5.41) is 10.1. The van der Waals surface area contributed by atoms with Crippen LogP contribution in [0.1, 0.15) is 25.2 Å². The van der Waals surface area contributed by atoms with Gasteiger partial charge in [-0.05, 0) is 25.5 Å². The first-order valence-electron chi connectivity index (χ1n) is 7.86. The number of fused-ring (bicyclic) bond motifs is 3. The number of rotatable bonds is 3. The standard InChI is InChI=1S/C18H19N5O/c1-18(2,24)12-5-3-11(4-6-12)16-14-10-21-17-13(7-8-20-17)23(14)15(9-19)22-16/h3-8,10,20,24H,9,19H2,1-2H3. The molecule has 6 heteroatoms. The van der Waals surface area contributed by atoms with Gasteiger partial charge in [-0.1, -0.05) is 24.3 Å². The number of aromatic amines is 1. The average Bonchev–Trinajstić information content (AvgIpc) is 3.17. The van der Waals surface area contributed by atoms with Gasteiger partial charge >= 0.3 is 0 Å². The molecule has 24 heavy (non-hydrogen) atoms. The molecule has 0 spiro atoms. The molecule has 0 atom stereocenters. The molecule has 0 unspecified atom stereocenters. The Morgan fingerprint density at radius 1 is 1.17 bits per heavy atom. The molecule has 0 aliphatic rings. The van der Waals surface area contributed by atoms with Gasteiger partial charge in [-0.15, -0.1) is 0 Å². The third-order valence-electron chi connectivity index (χ3n) is 4.29. The number of nitrogens with one attached hydrogen (secondary N) is 1. The first kappa shape index (κ1) is 14.9. The van der Waals surface area contributed by atoms with E-state index >= 15 is 0 Å². The Balaban J connectivity index is 1.94. The maximum absolute atomic E-state index is 10.1. The topological polar surface area (TPSA) is 92.2 Å². The fourth-order valence-corrected chi connectivity index (χ4v) is 3.02. The molecule has 4 rings (SSSR count). The SMILES string of the molecule is CC(C)(O)c1ccc(-c2nc(CN)n3c2cnc2[nH]ccc23)cc1. The Hall–Kier alpha value is -2.70. The van der Waals surface area contributed by atoms with E-state index < -0.39 is 5.60 Å². The molecular weight excluding hydrogens is 302 g/mol. The normalized spacial score (nSPS) is 12.3. The molecule has 0 aliphatic heterocycles. The minimum absolute atomic E-state index is 0.340. The van der Waals surface area contributed by atoms with Gasteiger partial charge in [0, 0.05) is 11.8 Å². The number of benzene rings is 1. The third kappa shape index (κ3) is 2.19. The van der Waals surface area contributed by atoms with Crippen molar-refractivity contribution in [2.45, 2.75) is 26.0 Å². The van der Waals surface area contributed by atoms with Crippen LogP contribution in [0.5, 0.6) is 0 Å². The third-order valence-corrected chi connectivity index (χ3v) is 4.29. The van der Waals surface area contributed by atoms with Crippen LogP contribution in [0.25, 0.3) is 27.9 Å². The van der Waals surface area contributed by atoms with Crippen LogP contribution >= 0.6 is 0 Å². The van der Waals surface area contributed by atoms with E-state index in [1.165, 1.54) is 0 Å². The Morgan fingerprint density at radius 2 is 1.92 bits per heavy atom. The Kier molecular flexibility index (Phi) is 3.19. The zero-order chi connectivity index (χ0) is 16.9. The van der Waals surface area contributed by atoms with Crippen molar-refractivity contribution in [3.63, 3.8) is 0 Å². The summed E-state index contributed by atoms with van der Waals surface area (Å²) >= 11 is 0. The molecule has 0 saturated carbocycles.